The number of amides is 1. The summed E-state index contributed by atoms with van der Waals surface area (Å²) in [6.45, 7) is 4.27. The van der Waals surface area contributed by atoms with Crippen LogP contribution in [-0.2, 0) is 11.3 Å². The third-order valence-corrected chi connectivity index (χ3v) is 2.71. The van der Waals surface area contributed by atoms with Crippen molar-refractivity contribution < 1.29 is 9.72 Å². The number of aryl methyl sites for hydroxylation is 1. The molecule has 0 saturated heterocycles. The van der Waals surface area contributed by atoms with Crippen LogP contribution in [0.15, 0.2) is 6.07 Å². The van der Waals surface area contributed by atoms with Gasteiger partial charge in [-0.05, 0) is 18.3 Å². The first kappa shape index (κ1) is 15.1. The van der Waals surface area contributed by atoms with Crippen LogP contribution in [0, 0.1) is 17.0 Å². The third kappa shape index (κ3) is 5.07. The number of carbonyl (C=O) groups is 1. The van der Waals surface area contributed by atoms with E-state index in [1.54, 1.807) is 6.92 Å². The molecule has 7 nitrogen and oxygen atoms in total. The summed E-state index contributed by atoms with van der Waals surface area (Å²) in [6.07, 6.45) is 4.31. The Labute approximate surface area is 112 Å². The van der Waals surface area contributed by atoms with Crippen molar-refractivity contribution in [2.75, 3.05) is 6.54 Å². The molecule has 0 aromatic carbocycles. The first-order valence-electron chi connectivity index (χ1n) is 6.50. The zero-order valence-electron chi connectivity index (χ0n) is 11.4. The molecular formula is C12H20N4O3. The molecule has 0 spiro atoms. The smallest absolute Gasteiger partial charge is 0.345 e. The van der Waals surface area contributed by atoms with Gasteiger partial charge < -0.3 is 15.4 Å². The van der Waals surface area contributed by atoms with E-state index in [1.165, 1.54) is 6.07 Å². The van der Waals surface area contributed by atoms with Gasteiger partial charge in [0.2, 0.25) is 0 Å². The monoisotopic (exact) mass is 268 g/mol. The Kier molecular flexibility index (Phi) is 5.98. The predicted molar refractivity (Wildman–Crippen MR) is 70.8 cm³/mol. The molecule has 0 bridgehead atoms. The van der Waals surface area contributed by atoms with Crippen molar-refractivity contribution in [1.82, 2.24) is 15.1 Å². The number of nitrogens with one attached hydrogen (secondary N) is 1. The van der Waals surface area contributed by atoms with Crippen LogP contribution in [-0.4, -0.2) is 27.2 Å². The molecule has 1 amide bonds. The highest BCUT2D eigenvalue weighted by molar-refractivity contribution is 5.75. The van der Waals surface area contributed by atoms with E-state index in [0.29, 0.717) is 12.2 Å². The molecule has 0 aliphatic carbocycles. The van der Waals surface area contributed by atoms with Crippen LogP contribution in [0.3, 0.4) is 0 Å². The van der Waals surface area contributed by atoms with Gasteiger partial charge in [0, 0.05) is 6.54 Å². The van der Waals surface area contributed by atoms with E-state index in [9.17, 15) is 14.9 Å². The fourth-order valence-electron chi connectivity index (χ4n) is 1.77. The maximum Gasteiger partial charge on any atom is 0.345 e. The lowest BCUT2D eigenvalue weighted by Gasteiger charge is -2.03. The summed E-state index contributed by atoms with van der Waals surface area (Å²) in [7, 11) is 0. The molecule has 0 unspecified atom stereocenters. The second kappa shape index (κ2) is 7.50. The van der Waals surface area contributed by atoms with Gasteiger partial charge in [-0.3, -0.25) is 4.79 Å². The highest BCUT2D eigenvalue weighted by atomic mass is 16.6. The molecule has 0 saturated carbocycles. The molecule has 1 heterocycles. The molecule has 0 aliphatic heterocycles. The van der Waals surface area contributed by atoms with Gasteiger partial charge in [-0.2, -0.15) is 0 Å². The van der Waals surface area contributed by atoms with Crippen LogP contribution in [0.25, 0.3) is 0 Å². The Bertz CT molecular complexity index is 442. The van der Waals surface area contributed by atoms with Crippen molar-refractivity contribution in [3.8, 4) is 0 Å². The Balaban J connectivity index is 2.42. The molecule has 0 fully saturated rings. The van der Waals surface area contributed by atoms with Crippen LogP contribution in [0.1, 0.15) is 38.3 Å². The fraction of sp³-hybridized carbons (Fsp3) is 0.667. The van der Waals surface area contributed by atoms with E-state index in [2.05, 4.69) is 17.3 Å². The summed E-state index contributed by atoms with van der Waals surface area (Å²) in [5.41, 5.74) is 0.530. The number of rotatable bonds is 8. The molecule has 0 atom stereocenters. The summed E-state index contributed by atoms with van der Waals surface area (Å²) in [6, 6.07) is 1.36. The first-order chi connectivity index (χ1) is 9.04. The van der Waals surface area contributed by atoms with Crippen LogP contribution in [0.4, 0.5) is 5.82 Å². The molecule has 19 heavy (non-hydrogen) atoms. The van der Waals surface area contributed by atoms with E-state index in [0.717, 1.165) is 30.4 Å². The Morgan fingerprint density at radius 3 is 2.84 bits per heavy atom. The van der Waals surface area contributed by atoms with E-state index >= 15 is 0 Å². The van der Waals surface area contributed by atoms with Crippen molar-refractivity contribution in [3.05, 3.63) is 21.9 Å². The lowest BCUT2D eigenvalue weighted by Crippen LogP contribution is -2.29. The minimum atomic E-state index is -0.533. The maximum atomic E-state index is 11.6. The van der Waals surface area contributed by atoms with Crippen molar-refractivity contribution in [1.29, 1.82) is 0 Å². The maximum absolute atomic E-state index is 11.6. The number of unbranched alkanes of at least 4 members (excludes halogenated alkanes) is 3. The number of aromatic nitrogens is 2. The third-order valence-electron chi connectivity index (χ3n) is 2.71. The van der Waals surface area contributed by atoms with E-state index in [-0.39, 0.29) is 18.3 Å². The second-order valence-corrected chi connectivity index (χ2v) is 4.47. The number of carbonyl (C=O) groups excluding carboxylic acids is 1. The minimum absolute atomic E-state index is 0.113. The predicted octanol–water partition coefficient (Wildman–Crippen LogP) is 1.80. The van der Waals surface area contributed by atoms with Gasteiger partial charge in [0.25, 0.3) is 5.91 Å². The Hall–Kier alpha value is -1.92. The van der Waals surface area contributed by atoms with Crippen molar-refractivity contribution in [3.63, 3.8) is 0 Å². The quantitative estimate of drug-likeness (QED) is 0.442. The van der Waals surface area contributed by atoms with E-state index in [1.807, 2.05) is 0 Å². The van der Waals surface area contributed by atoms with Gasteiger partial charge in [-0.25, -0.2) is 0 Å². The lowest BCUT2D eigenvalue weighted by atomic mass is 10.2. The average Bonchev–Trinajstić information content (AvgIpc) is 2.70. The van der Waals surface area contributed by atoms with Gasteiger partial charge in [-0.1, -0.05) is 31.3 Å². The summed E-state index contributed by atoms with van der Waals surface area (Å²) >= 11 is 0. The van der Waals surface area contributed by atoms with Crippen LogP contribution in [0.2, 0.25) is 0 Å². The zero-order chi connectivity index (χ0) is 14.3. The van der Waals surface area contributed by atoms with Crippen molar-refractivity contribution in [2.24, 2.45) is 0 Å². The topological polar surface area (TPSA) is 90.1 Å². The zero-order valence-corrected chi connectivity index (χ0v) is 11.4. The lowest BCUT2D eigenvalue weighted by molar-refractivity contribution is -0.392. The average molecular weight is 268 g/mol. The van der Waals surface area contributed by atoms with Crippen molar-refractivity contribution in [2.45, 2.75) is 46.1 Å². The van der Waals surface area contributed by atoms with E-state index < -0.39 is 4.92 Å². The minimum Gasteiger partial charge on any atom is -0.358 e. The van der Waals surface area contributed by atoms with Crippen LogP contribution >= 0.6 is 0 Å². The summed E-state index contributed by atoms with van der Waals surface area (Å²) < 4.78 is 1.12. The van der Waals surface area contributed by atoms with Gasteiger partial charge in [0.15, 0.2) is 6.54 Å². The molecule has 7 heteroatoms. The standard InChI is InChI=1S/C12H20N4O3/c1-3-4-5-6-7-13-11(17)9-15-12(16(18)19)8-10(2)14-15/h8H,3-7,9H2,1-2H3,(H,13,17). The van der Waals surface area contributed by atoms with Crippen LogP contribution in [0.5, 0.6) is 0 Å². The van der Waals surface area contributed by atoms with Gasteiger partial charge in [0.05, 0.1) is 11.8 Å². The van der Waals surface area contributed by atoms with Gasteiger partial charge in [-0.15, -0.1) is 4.68 Å². The number of nitro groups is 1. The fourth-order valence-corrected chi connectivity index (χ4v) is 1.77. The first-order valence-corrected chi connectivity index (χ1v) is 6.50. The molecule has 1 N–H and O–H groups in total. The van der Waals surface area contributed by atoms with Gasteiger partial charge >= 0.3 is 5.82 Å². The molecule has 0 aliphatic rings. The SMILES string of the molecule is CCCCCCNC(=O)Cn1nc(C)cc1[N+](=O)[O-]. The largest absolute Gasteiger partial charge is 0.358 e. The molecule has 1 aromatic rings. The highest BCUT2D eigenvalue weighted by Crippen LogP contribution is 2.12. The summed E-state index contributed by atoms with van der Waals surface area (Å²) in [5.74, 6) is -0.402. The number of nitrogens with zero attached hydrogens (tertiary/aromatic N) is 3. The molecule has 0 radical (unpaired) electrons. The normalized spacial score (nSPS) is 10.4. The number of hydrogen-bond acceptors (Lipinski definition) is 4. The number of hydrogen-bond donors (Lipinski definition) is 1. The Morgan fingerprint density at radius 1 is 1.47 bits per heavy atom. The van der Waals surface area contributed by atoms with E-state index in [4.69, 9.17) is 0 Å². The molecule has 1 rings (SSSR count). The molecule has 1 aromatic heterocycles. The summed E-state index contributed by atoms with van der Waals surface area (Å²) in [4.78, 5) is 21.9. The highest BCUT2D eigenvalue weighted by Gasteiger charge is 2.18. The van der Waals surface area contributed by atoms with Gasteiger partial charge in [0.1, 0.15) is 0 Å². The molecular weight excluding hydrogens is 248 g/mol. The summed E-state index contributed by atoms with van der Waals surface area (Å²) in [5, 5.41) is 17.4. The van der Waals surface area contributed by atoms with Crippen molar-refractivity contribution >= 4 is 11.7 Å². The van der Waals surface area contributed by atoms with Crippen LogP contribution < -0.4 is 5.32 Å². The molecule has 106 valence electrons. The second-order valence-electron chi connectivity index (χ2n) is 4.47. The Morgan fingerprint density at radius 2 is 2.21 bits per heavy atom.